The minimum Gasteiger partial charge on any atom is -0.508 e. The van der Waals surface area contributed by atoms with Crippen LogP contribution in [-0.4, -0.2) is 29.1 Å². The number of rotatable bonds is 1. The SMILES string of the molecule is O=C1/C(=C/c2cc3cc4c(cc3[nH]c2=O)OCCO4)Oc2cc(O)ccc21. The third-order valence-corrected chi connectivity index (χ3v) is 4.48. The Hall–Kier alpha value is -3.74. The van der Waals surface area contributed by atoms with E-state index in [2.05, 4.69) is 4.98 Å². The number of aromatic nitrogens is 1. The van der Waals surface area contributed by atoms with Crippen molar-refractivity contribution in [2.24, 2.45) is 0 Å². The Bertz CT molecular complexity index is 1210. The number of ketones is 1. The van der Waals surface area contributed by atoms with Crippen molar-refractivity contribution in [1.29, 1.82) is 0 Å². The summed E-state index contributed by atoms with van der Waals surface area (Å²) in [7, 11) is 0. The van der Waals surface area contributed by atoms with Crippen LogP contribution in [0, 0.1) is 0 Å². The molecule has 0 atom stereocenters. The summed E-state index contributed by atoms with van der Waals surface area (Å²) < 4.78 is 16.6. The number of hydrogen-bond donors (Lipinski definition) is 2. The summed E-state index contributed by atoms with van der Waals surface area (Å²) in [5.74, 6) is 1.14. The topological polar surface area (TPSA) is 97.9 Å². The van der Waals surface area contributed by atoms with E-state index in [4.69, 9.17) is 14.2 Å². The number of nitrogens with one attached hydrogen (secondary N) is 1. The molecule has 0 aliphatic carbocycles. The molecule has 5 rings (SSSR count). The largest absolute Gasteiger partial charge is 0.508 e. The molecule has 3 aromatic rings. The summed E-state index contributed by atoms with van der Waals surface area (Å²) >= 11 is 0. The zero-order valence-corrected chi connectivity index (χ0v) is 13.9. The molecule has 0 fully saturated rings. The number of benzene rings is 2. The molecular formula is C20H13NO6. The van der Waals surface area contributed by atoms with Gasteiger partial charge in [-0.05, 0) is 30.3 Å². The molecule has 7 nitrogen and oxygen atoms in total. The smallest absolute Gasteiger partial charge is 0.255 e. The monoisotopic (exact) mass is 363 g/mol. The third-order valence-electron chi connectivity index (χ3n) is 4.48. The van der Waals surface area contributed by atoms with Gasteiger partial charge in [0.1, 0.15) is 24.7 Å². The highest BCUT2D eigenvalue weighted by Gasteiger charge is 2.28. The molecule has 1 aromatic heterocycles. The molecule has 2 aromatic carbocycles. The maximum absolute atomic E-state index is 12.5. The maximum Gasteiger partial charge on any atom is 0.255 e. The Balaban J connectivity index is 1.59. The van der Waals surface area contributed by atoms with Gasteiger partial charge in [-0.15, -0.1) is 0 Å². The highest BCUT2D eigenvalue weighted by molar-refractivity contribution is 6.14. The van der Waals surface area contributed by atoms with Crippen LogP contribution in [0.1, 0.15) is 15.9 Å². The van der Waals surface area contributed by atoms with Gasteiger partial charge in [-0.25, -0.2) is 0 Å². The van der Waals surface area contributed by atoms with Crippen LogP contribution >= 0.6 is 0 Å². The highest BCUT2D eigenvalue weighted by atomic mass is 16.6. The number of hydrogen-bond acceptors (Lipinski definition) is 6. The summed E-state index contributed by atoms with van der Waals surface area (Å²) in [6, 6.07) is 9.43. The van der Waals surface area contributed by atoms with E-state index in [1.807, 2.05) is 0 Å². The number of allylic oxidation sites excluding steroid dienone is 1. The highest BCUT2D eigenvalue weighted by Crippen LogP contribution is 2.35. The fourth-order valence-corrected chi connectivity index (χ4v) is 3.18. The second-order valence-corrected chi connectivity index (χ2v) is 6.26. The predicted molar refractivity (Wildman–Crippen MR) is 96.6 cm³/mol. The third kappa shape index (κ3) is 2.52. The molecule has 7 heteroatoms. The molecule has 0 spiro atoms. The number of phenols is 1. The number of carbonyl (C=O) groups excluding carboxylic acids is 1. The second kappa shape index (κ2) is 5.63. The number of Topliss-reactive ketones (excluding diaryl/α,β-unsaturated/α-hetero) is 1. The van der Waals surface area contributed by atoms with Gasteiger partial charge in [0.15, 0.2) is 17.3 Å². The average molecular weight is 363 g/mol. The van der Waals surface area contributed by atoms with E-state index in [1.165, 1.54) is 24.3 Å². The minimum absolute atomic E-state index is 0.00153. The number of pyridine rings is 1. The lowest BCUT2D eigenvalue weighted by Crippen LogP contribution is -2.16. The fraction of sp³-hybridized carbons (Fsp3) is 0.100. The van der Waals surface area contributed by atoms with Gasteiger partial charge in [0.2, 0.25) is 5.78 Å². The number of phenolic OH excluding ortho intramolecular Hbond substituents is 1. The van der Waals surface area contributed by atoms with Gasteiger partial charge in [0.25, 0.3) is 5.56 Å². The van der Waals surface area contributed by atoms with Crippen molar-refractivity contribution >= 4 is 22.8 Å². The van der Waals surface area contributed by atoms with Gasteiger partial charge in [-0.3, -0.25) is 9.59 Å². The van der Waals surface area contributed by atoms with Crippen molar-refractivity contribution in [3.63, 3.8) is 0 Å². The number of fused-ring (bicyclic) bond motifs is 3. The van der Waals surface area contributed by atoms with Crippen LogP contribution in [0.2, 0.25) is 0 Å². The molecule has 0 saturated heterocycles. The van der Waals surface area contributed by atoms with E-state index >= 15 is 0 Å². The zero-order valence-electron chi connectivity index (χ0n) is 13.9. The van der Waals surface area contributed by atoms with E-state index in [9.17, 15) is 14.7 Å². The number of carbonyl (C=O) groups is 1. The first kappa shape index (κ1) is 15.5. The summed E-state index contributed by atoms with van der Waals surface area (Å²) in [5.41, 5.74) is 0.871. The van der Waals surface area contributed by atoms with E-state index in [0.29, 0.717) is 35.8 Å². The van der Waals surface area contributed by atoms with Crippen LogP contribution in [0.5, 0.6) is 23.0 Å². The molecule has 2 aliphatic heterocycles. The van der Waals surface area contributed by atoms with Gasteiger partial charge < -0.3 is 24.3 Å². The standard InChI is InChI=1S/C20H13NO6/c22-12-1-2-13-15(8-12)27-18(19(13)23)7-11-5-10-6-16-17(26-4-3-25-16)9-14(10)21-20(11)24/h1-2,5-9,22H,3-4H2,(H,21,24)/b18-7-. The Morgan fingerprint density at radius 3 is 2.56 bits per heavy atom. The predicted octanol–water partition coefficient (Wildman–Crippen LogP) is 2.62. The molecule has 0 unspecified atom stereocenters. The Morgan fingerprint density at radius 1 is 0.963 bits per heavy atom. The first-order valence-electron chi connectivity index (χ1n) is 8.32. The van der Waals surface area contributed by atoms with E-state index in [-0.39, 0.29) is 34.2 Å². The van der Waals surface area contributed by atoms with Gasteiger partial charge >= 0.3 is 0 Å². The van der Waals surface area contributed by atoms with Crippen LogP contribution in [0.25, 0.3) is 17.0 Å². The first-order valence-corrected chi connectivity index (χ1v) is 8.32. The van der Waals surface area contributed by atoms with Crippen molar-refractivity contribution in [3.05, 3.63) is 63.6 Å². The number of aromatic hydroxyl groups is 1. The van der Waals surface area contributed by atoms with E-state index in [0.717, 1.165) is 5.39 Å². The molecule has 2 N–H and O–H groups in total. The van der Waals surface area contributed by atoms with Crippen LogP contribution in [0.15, 0.2) is 47.0 Å². The first-order chi connectivity index (χ1) is 13.1. The van der Waals surface area contributed by atoms with Crippen molar-refractivity contribution < 1.29 is 24.1 Å². The summed E-state index contributed by atoms with van der Waals surface area (Å²) in [4.78, 5) is 27.7. The lowest BCUT2D eigenvalue weighted by Gasteiger charge is -2.18. The molecule has 2 aliphatic rings. The molecule has 0 amide bonds. The van der Waals surface area contributed by atoms with Crippen LogP contribution in [-0.2, 0) is 0 Å². The number of ether oxygens (including phenoxy) is 3. The molecule has 134 valence electrons. The molecular weight excluding hydrogens is 350 g/mol. The number of aromatic amines is 1. The van der Waals surface area contributed by atoms with Crippen LogP contribution < -0.4 is 19.8 Å². The van der Waals surface area contributed by atoms with Crippen molar-refractivity contribution in [2.75, 3.05) is 13.2 Å². The molecule has 0 radical (unpaired) electrons. The summed E-state index contributed by atoms with van der Waals surface area (Å²) in [5, 5.41) is 10.3. The quantitative estimate of drug-likeness (QED) is 0.645. The second-order valence-electron chi connectivity index (χ2n) is 6.26. The van der Waals surface area contributed by atoms with E-state index in [1.54, 1.807) is 18.2 Å². The Kier molecular flexibility index (Phi) is 3.24. The van der Waals surface area contributed by atoms with Crippen LogP contribution in [0.4, 0.5) is 0 Å². The van der Waals surface area contributed by atoms with Crippen molar-refractivity contribution in [2.45, 2.75) is 0 Å². The van der Waals surface area contributed by atoms with Gasteiger partial charge in [-0.1, -0.05) is 0 Å². The fourth-order valence-electron chi connectivity index (χ4n) is 3.18. The summed E-state index contributed by atoms with van der Waals surface area (Å²) in [6.45, 7) is 0.925. The lowest BCUT2D eigenvalue weighted by molar-refractivity contribution is 0.101. The van der Waals surface area contributed by atoms with Gasteiger partial charge in [0, 0.05) is 23.1 Å². The molecule has 27 heavy (non-hydrogen) atoms. The Labute approximate surface area is 152 Å². The van der Waals surface area contributed by atoms with Gasteiger partial charge in [-0.2, -0.15) is 0 Å². The minimum atomic E-state index is -0.359. The Morgan fingerprint density at radius 2 is 1.74 bits per heavy atom. The normalized spacial score (nSPS) is 16.4. The van der Waals surface area contributed by atoms with Gasteiger partial charge in [0.05, 0.1) is 11.1 Å². The summed E-state index contributed by atoms with van der Waals surface area (Å²) in [6.07, 6.45) is 1.40. The number of H-pyrrole nitrogens is 1. The average Bonchev–Trinajstić information content (AvgIpc) is 2.95. The van der Waals surface area contributed by atoms with E-state index < -0.39 is 0 Å². The van der Waals surface area contributed by atoms with Crippen molar-refractivity contribution in [1.82, 2.24) is 4.98 Å². The maximum atomic E-state index is 12.5. The molecule has 3 heterocycles. The molecule has 0 saturated carbocycles. The van der Waals surface area contributed by atoms with Crippen molar-refractivity contribution in [3.8, 4) is 23.0 Å². The lowest BCUT2D eigenvalue weighted by atomic mass is 10.1. The van der Waals surface area contributed by atoms with Crippen LogP contribution in [0.3, 0.4) is 0 Å². The molecule has 0 bridgehead atoms. The zero-order chi connectivity index (χ0) is 18.5.